The van der Waals surface area contributed by atoms with Crippen LogP contribution < -0.4 is 5.73 Å². The number of nitro groups is 1. The molecule has 0 amide bonds. The van der Waals surface area contributed by atoms with Crippen LogP contribution >= 0.6 is 11.6 Å². The minimum Gasteiger partial charge on any atom is -0.397 e. The van der Waals surface area contributed by atoms with Crippen LogP contribution in [0.5, 0.6) is 0 Å². The molecule has 0 fully saturated rings. The molecule has 0 bridgehead atoms. The number of nitriles is 1. The summed E-state index contributed by atoms with van der Waals surface area (Å²) in [6, 6.07) is 5.99. The molecule has 1 rings (SSSR count). The van der Waals surface area contributed by atoms with Crippen LogP contribution in [0.25, 0.3) is 5.70 Å². The lowest BCUT2D eigenvalue weighted by Crippen LogP contribution is -2.01. The first-order valence-corrected chi connectivity index (χ1v) is 5.21. The molecule has 1 aromatic carbocycles. The molecule has 0 aliphatic heterocycles. The predicted octanol–water partition coefficient (Wildman–Crippen LogP) is 2.85. The molecule has 17 heavy (non-hydrogen) atoms. The topological polar surface area (TPSA) is 93.0 Å². The lowest BCUT2D eigenvalue weighted by atomic mass is 10.1. The van der Waals surface area contributed by atoms with Gasteiger partial charge in [-0.15, -0.1) is 0 Å². The van der Waals surface area contributed by atoms with Gasteiger partial charge in [0.2, 0.25) is 0 Å². The quantitative estimate of drug-likeness (QED) is 0.508. The van der Waals surface area contributed by atoms with Crippen molar-refractivity contribution in [3.05, 3.63) is 44.5 Å². The molecular weight excluding hydrogens is 242 g/mol. The summed E-state index contributed by atoms with van der Waals surface area (Å²) >= 11 is 5.76. The number of nitro benzene ring substituents is 1. The molecule has 0 radical (unpaired) electrons. The van der Waals surface area contributed by atoms with Gasteiger partial charge < -0.3 is 5.73 Å². The molecule has 0 atom stereocenters. The molecule has 0 saturated carbocycles. The Hall–Kier alpha value is -2.06. The Balaban J connectivity index is 3.38. The van der Waals surface area contributed by atoms with Gasteiger partial charge in [-0.1, -0.05) is 18.5 Å². The zero-order chi connectivity index (χ0) is 13.0. The normalized spacial score (nSPS) is 11.6. The van der Waals surface area contributed by atoms with E-state index in [0.717, 1.165) is 0 Å². The Kier molecular flexibility index (Phi) is 4.07. The number of allylic oxidation sites excluding steroid dienone is 1. The van der Waals surface area contributed by atoms with E-state index < -0.39 is 4.92 Å². The zero-order valence-corrected chi connectivity index (χ0v) is 9.86. The van der Waals surface area contributed by atoms with Gasteiger partial charge >= 0.3 is 0 Å². The van der Waals surface area contributed by atoms with Crippen molar-refractivity contribution in [3.63, 3.8) is 0 Å². The highest BCUT2D eigenvalue weighted by Gasteiger charge is 2.12. The molecule has 6 heteroatoms. The van der Waals surface area contributed by atoms with Crippen molar-refractivity contribution in [2.24, 2.45) is 5.73 Å². The summed E-state index contributed by atoms with van der Waals surface area (Å²) in [5, 5.41) is 19.7. The Morgan fingerprint density at radius 3 is 2.71 bits per heavy atom. The number of halogens is 1. The van der Waals surface area contributed by atoms with Gasteiger partial charge in [-0.05, 0) is 12.5 Å². The van der Waals surface area contributed by atoms with Crippen molar-refractivity contribution in [2.75, 3.05) is 0 Å². The van der Waals surface area contributed by atoms with Gasteiger partial charge in [-0.2, -0.15) is 5.26 Å². The van der Waals surface area contributed by atoms with Crippen molar-refractivity contribution >= 4 is 23.0 Å². The first kappa shape index (κ1) is 13.0. The van der Waals surface area contributed by atoms with E-state index in [4.69, 9.17) is 22.6 Å². The van der Waals surface area contributed by atoms with Gasteiger partial charge in [0.25, 0.3) is 5.69 Å². The molecule has 0 aliphatic carbocycles. The maximum absolute atomic E-state index is 10.7. The summed E-state index contributed by atoms with van der Waals surface area (Å²) in [4.78, 5) is 10.1. The third-order valence-electron chi connectivity index (χ3n) is 2.22. The number of non-ortho nitro benzene ring substituents is 1. The monoisotopic (exact) mass is 251 g/mol. The van der Waals surface area contributed by atoms with Crippen LogP contribution in [0, 0.1) is 21.4 Å². The van der Waals surface area contributed by atoms with Gasteiger partial charge in [-0.25, -0.2) is 0 Å². The molecule has 0 spiro atoms. The largest absolute Gasteiger partial charge is 0.397 e. The van der Waals surface area contributed by atoms with E-state index in [1.807, 2.05) is 6.07 Å². The fraction of sp³-hybridized carbons (Fsp3) is 0.182. The number of rotatable bonds is 3. The average molecular weight is 252 g/mol. The number of hydrogen-bond acceptors (Lipinski definition) is 4. The summed E-state index contributed by atoms with van der Waals surface area (Å²) in [6.07, 6.45) is 0.461. The molecule has 0 aromatic heterocycles. The summed E-state index contributed by atoms with van der Waals surface area (Å²) < 4.78 is 0. The first-order chi connectivity index (χ1) is 7.99. The molecule has 0 unspecified atom stereocenters. The first-order valence-electron chi connectivity index (χ1n) is 4.83. The summed E-state index contributed by atoms with van der Waals surface area (Å²) in [6.45, 7) is 1.78. The van der Waals surface area contributed by atoms with E-state index >= 15 is 0 Å². The second-order valence-electron chi connectivity index (χ2n) is 3.31. The van der Waals surface area contributed by atoms with Crippen LogP contribution in [0.2, 0.25) is 5.02 Å². The number of benzene rings is 1. The van der Waals surface area contributed by atoms with Gasteiger partial charge in [0.05, 0.1) is 22.3 Å². The van der Waals surface area contributed by atoms with E-state index in [0.29, 0.717) is 17.6 Å². The SMILES string of the molecule is CC/C(C#N)=C(/N)c1cc(Cl)cc([N+](=O)[O-])c1. The fourth-order valence-electron chi connectivity index (χ4n) is 1.34. The van der Waals surface area contributed by atoms with Crippen LogP contribution in [0.3, 0.4) is 0 Å². The minimum absolute atomic E-state index is 0.149. The van der Waals surface area contributed by atoms with Gasteiger partial charge in [0.15, 0.2) is 0 Å². The Morgan fingerprint density at radius 1 is 1.59 bits per heavy atom. The molecule has 1 aromatic rings. The fourth-order valence-corrected chi connectivity index (χ4v) is 1.57. The highest BCUT2D eigenvalue weighted by atomic mass is 35.5. The Bertz CT molecular complexity index is 532. The van der Waals surface area contributed by atoms with Crippen LogP contribution in [-0.4, -0.2) is 4.92 Å². The van der Waals surface area contributed by atoms with Crippen LogP contribution in [0.1, 0.15) is 18.9 Å². The second-order valence-corrected chi connectivity index (χ2v) is 3.75. The van der Waals surface area contributed by atoms with E-state index in [9.17, 15) is 10.1 Å². The average Bonchev–Trinajstić information content (AvgIpc) is 2.29. The second kappa shape index (κ2) is 5.32. The molecule has 0 saturated heterocycles. The van der Waals surface area contributed by atoms with Crippen molar-refractivity contribution in [1.82, 2.24) is 0 Å². The van der Waals surface area contributed by atoms with Crippen molar-refractivity contribution in [1.29, 1.82) is 5.26 Å². The molecule has 0 aliphatic rings. The third-order valence-corrected chi connectivity index (χ3v) is 2.44. The highest BCUT2D eigenvalue weighted by molar-refractivity contribution is 6.31. The molecule has 88 valence electrons. The zero-order valence-electron chi connectivity index (χ0n) is 9.11. The summed E-state index contributed by atoms with van der Waals surface area (Å²) in [5.74, 6) is 0. The van der Waals surface area contributed by atoms with E-state index in [1.165, 1.54) is 18.2 Å². The number of nitrogens with zero attached hydrogens (tertiary/aromatic N) is 2. The van der Waals surface area contributed by atoms with Crippen molar-refractivity contribution in [3.8, 4) is 6.07 Å². The smallest absolute Gasteiger partial charge is 0.271 e. The van der Waals surface area contributed by atoms with Gasteiger partial charge in [-0.3, -0.25) is 10.1 Å². The maximum atomic E-state index is 10.7. The molecule has 2 N–H and O–H groups in total. The third kappa shape index (κ3) is 2.95. The highest BCUT2D eigenvalue weighted by Crippen LogP contribution is 2.25. The molecular formula is C11H10ClN3O2. The van der Waals surface area contributed by atoms with E-state index in [1.54, 1.807) is 6.92 Å². The lowest BCUT2D eigenvalue weighted by molar-refractivity contribution is -0.384. The Morgan fingerprint density at radius 2 is 2.24 bits per heavy atom. The van der Waals surface area contributed by atoms with Crippen molar-refractivity contribution in [2.45, 2.75) is 13.3 Å². The summed E-state index contributed by atoms with van der Waals surface area (Å²) in [7, 11) is 0. The van der Waals surface area contributed by atoms with Crippen LogP contribution in [0.4, 0.5) is 5.69 Å². The number of hydrogen-bond donors (Lipinski definition) is 1. The molecule has 0 heterocycles. The lowest BCUT2D eigenvalue weighted by Gasteiger charge is -2.05. The minimum atomic E-state index is -0.555. The standard InChI is InChI=1S/C11H10ClN3O2/c1-2-7(6-13)11(14)8-3-9(12)5-10(4-8)15(16)17/h3-5H,2,14H2,1H3/b11-7-. The maximum Gasteiger partial charge on any atom is 0.271 e. The molecule has 5 nitrogen and oxygen atoms in total. The van der Waals surface area contributed by atoms with Crippen LogP contribution in [-0.2, 0) is 0 Å². The van der Waals surface area contributed by atoms with Gasteiger partial charge in [0, 0.05) is 22.7 Å². The van der Waals surface area contributed by atoms with Crippen LogP contribution in [0.15, 0.2) is 23.8 Å². The predicted molar refractivity (Wildman–Crippen MR) is 65.1 cm³/mol. The van der Waals surface area contributed by atoms with Gasteiger partial charge in [0.1, 0.15) is 0 Å². The number of nitrogens with two attached hydrogens (primary N) is 1. The van der Waals surface area contributed by atoms with E-state index in [-0.39, 0.29) is 16.4 Å². The Labute approximate surface area is 103 Å². The van der Waals surface area contributed by atoms with E-state index in [2.05, 4.69) is 0 Å². The summed E-state index contributed by atoms with van der Waals surface area (Å²) in [5.41, 5.74) is 6.62. The van der Waals surface area contributed by atoms with Crippen molar-refractivity contribution < 1.29 is 4.92 Å².